The van der Waals surface area contributed by atoms with Crippen molar-refractivity contribution in [1.82, 2.24) is 14.8 Å². The molecule has 0 aliphatic heterocycles. The van der Waals surface area contributed by atoms with Crippen LogP contribution >= 0.6 is 11.6 Å². The van der Waals surface area contributed by atoms with Gasteiger partial charge in [0.25, 0.3) is 0 Å². The molecule has 4 rings (SSSR count). The van der Waals surface area contributed by atoms with Gasteiger partial charge in [-0.25, -0.2) is 4.68 Å². The second kappa shape index (κ2) is 6.49. The lowest BCUT2D eigenvalue weighted by molar-refractivity contribution is 0.0992. The van der Waals surface area contributed by atoms with Crippen LogP contribution in [0.15, 0.2) is 72.9 Å². The van der Waals surface area contributed by atoms with E-state index in [1.807, 2.05) is 66.7 Å². The smallest absolute Gasteiger partial charge is 0.173 e. The Balaban J connectivity index is 1.61. The van der Waals surface area contributed by atoms with Crippen molar-refractivity contribution >= 4 is 28.3 Å². The van der Waals surface area contributed by atoms with E-state index in [4.69, 9.17) is 11.6 Å². The number of nitrogens with zero attached hydrogens (tertiary/aromatic N) is 3. The zero-order chi connectivity index (χ0) is 17.2. The fourth-order valence-corrected chi connectivity index (χ4v) is 3.03. The van der Waals surface area contributed by atoms with E-state index in [1.165, 1.54) is 6.20 Å². The Hall–Kier alpha value is -2.98. The summed E-state index contributed by atoms with van der Waals surface area (Å²) in [5.41, 5.74) is 2.81. The van der Waals surface area contributed by atoms with Crippen molar-refractivity contribution in [3.63, 3.8) is 0 Å². The number of hydrogen-bond donors (Lipinski definition) is 0. The maximum Gasteiger partial charge on any atom is 0.173 e. The molecule has 0 radical (unpaired) electrons. The Morgan fingerprint density at radius 1 is 0.960 bits per heavy atom. The minimum absolute atomic E-state index is 0.102. The summed E-state index contributed by atoms with van der Waals surface area (Å²) in [6.07, 6.45) is 1.70. The van der Waals surface area contributed by atoms with Gasteiger partial charge >= 0.3 is 0 Å². The zero-order valence-electron chi connectivity index (χ0n) is 13.3. The second-order valence-electron chi connectivity index (χ2n) is 5.69. The van der Waals surface area contributed by atoms with E-state index < -0.39 is 0 Å². The van der Waals surface area contributed by atoms with Crippen molar-refractivity contribution in [2.45, 2.75) is 6.42 Å². The van der Waals surface area contributed by atoms with E-state index in [0.717, 1.165) is 16.6 Å². The standard InChI is InChI=1S/C20H14ClN3O/c21-20-17(13-22-24(20)16-7-2-1-3-8-16)19(25)12-15-11-10-14-6-4-5-9-18(14)23-15/h1-11,13H,12H2. The van der Waals surface area contributed by atoms with Gasteiger partial charge in [-0.3, -0.25) is 9.78 Å². The topological polar surface area (TPSA) is 47.8 Å². The van der Waals surface area contributed by atoms with Gasteiger partial charge in [-0.1, -0.05) is 54.1 Å². The third-order valence-electron chi connectivity index (χ3n) is 4.01. The molecule has 0 atom stereocenters. The molecule has 25 heavy (non-hydrogen) atoms. The SMILES string of the molecule is O=C(Cc1ccc2ccccc2n1)c1cnn(-c2ccccc2)c1Cl. The van der Waals surface area contributed by atoms with Crippen LogP contribution < -0.4 is 0 Å². The average Bonchev–Trinajstić information content (AvgIpc) is 3.04. The van der Waals surface area contributed by atoms with E-state index in [0.29, 0.717) is 16.4 Å². The number of benzene rings is 2. The maximum atomic E-state index is 12.6. The molecule has 5 heteroatoms. The summed E-state index contributed by atoms with van der Waals surface area (Å²) >= 11 is 6.37. The molecule has 0 saturated carbocycles. The van der Waals surface area contributed by atoms with Crippen LogP contribution in [0.3, 0.4) is 0 Å². The lowest BCUT2D eigenvalue weighted by Gasteiger charge is -2.04. The van der Waals surface area contributed by atoms with Gasteiger partial charge in [0, 0.05) is 11.1 Å². The van der Waals surface area contributed by atoms with Crippen LogP contribution in [-0.4, -0.2) is 20.5 Å². The van der Waals surface area contributed by atoms with Crippen LogP contribution in [0.1, 0.15) is 16.1 Å². The number of halogens is 1. The number of Topliss-reactive ketones (excluding diaryl/α,β-unsaturated/α-hetero) is 1. The normalized spacial score (nSPS) is 10.9. The number of rotatable bonds is 4. The Labute approximate surface area is 149 Å². The van der Waals surface area contributed by atoms with Gasteiger partial charge in [0.1, 0.15) is 5.15 Å². The summed E-state index contributed by atoms with van der Waals surface area (Å²) in [7, 11) is 0. The van der Waals surface area contributed by atoms with E-state index in [-0.39, 0.29) is 12.2 Å². The number of aromatic nitrogens is 3. The monoisotopic (exact) mass is 347 g/mol. The van der Waals surface area contributed by atoms with Gasteiger partial charge in [0.15, 0.2) is 5.78 Å². The third-order valence-corrected chi connectivity index (χ3v) is 4.37. The molecule has 4 aromatic rings. The van der Waals surface area contributed by atoms with Crippen LogP contribution in [-0.2, 0) is 6.42 Å². The first kappa shape index (κ1) is 15.5. The lowest BCUT2D eigenvalue weighted by Crippen LogP contribution is -2.05. The summed E-state index contributed by atoms with van der Waals surface area (Å²) in [5, 5.41) is 5.61. The Morgan fingerprint density at radius 3 is 2.56 bits per heavy atom. The Bertz CT molecular complexity index is 1060. The van der Waals surface area contributed by atoms with Crippen molar-refractivity contribution in [3.8, 4) is 5.69 Å². The fourth-order valence-electron chi connectivity index (χ4n) is 2.74. The fraction of sp³-hybridized carbons (Fsp3) is 0.0500. The number of carbonyl (C=O) groups excluding carboxylic acids is 1. The average molecular weight is 348 g/mol. The summed E-state index contributed by atoms with van der Waals surface area (Å²) in [6.45, 7) is 0. The van der Waals surface area contributed by atoms with Crippen LogP contribution in [0.5, 0.6) is 0 Å². The second-order valence-corrected chi connectivity index (χ2v) is 6.05. The highest BCUT2D eigenvalue weighted by molar-refractivity contribution is 6.33. The molecule has 0 aliphatic carbocycles. The van der Waals surface area contributed by atoms with Gasteiger partial charge in [0.2, 0.25) is 0 Å². The van der Waals surface area contributed by atoms with Crippen molar-refractivity contribution < 1.29 is 4.79 Å². The predicted molar refractivity (Wildman–Crippen MR) is 98.4 cm³/mol. The number of fused-ring (bicyclic) bond motifs is 1. The van der Waals surface area contributed by atoms with Gasteiger partial charge in [0.05, 0.1) is 29.4 Å². The molecule has 0 saturated heterocycles. The number of ketones is 1. The van der Waals surface area contributed by atoms with Crippen molar-refractivity contribution in [3.05, 3.63) is 89.3 Å². The molecule has 0 unspecified atom stereocenters. The first-order valence-corrected chi connectivity index (χ1v) is 8.27. The van der Waals surface area contributed by atoms with Crippen LogP contribution in [0.4, 0.5) is 0 Å². The molecule has 0 fully saturated rings. The molecule has 122 valence electrons. The van der Waals surface area contributed by atoms with E-state index in [2.05, 4.69) is 10.1 Å². The summed E-state index contributed by atoms with van der Waals surface area (Å²) in [6, 6.07) is 21.2. The highest BCUT2D eigenvalue weighted by Crippen LogP contribution is 2.22. The minimum Gasteiger partial charge on any atom is -0.294 e. The largest absolute Gasteiger partial charge is 0.294 e. The van der Waals surface area contributed by atoms with Crippen molar-refractivity contribution in [2.24, 2.45) is 0 Å². The van der Waals surface area contributed by atoms with Crippen molar-refractivity contribution in [1.29, 1.82) is 0 Å². The van der Waals surface area contributed by atoms with Gasteiger partial charge in [-0.15, -0.1) is 0 Å². The number of pyridine rings is 1. The van der Waals surface area contributed by atoms with Crippen LogP contribution in [0.25, 0.3) is 16.6 Å². The molecule has 0 bridgehead atoms. The molecule has 0 aliphatic rings. The van der Waals surface area contributed by atoms with E-state index in [1.54, 1.807) is 4.68 Å². The molecular formula is C20H14ClN3O. The molecule has 2 aromatic heterocycles. The zero-order valence-corrected chi connectivity index (χ0v) is 14.0. The number of para-hydroxylation sites is 2. The van der Waals surface area contributed by atoms with Crippen LogP contribution in [0.2, 0.25) is 5.15 Å². The van der Waals surface area contributed by atoms with E-state index >= 15 is 0 Å². The molecule has 2 aromatic carbocycles. The van der Waals surface area contributed by atoms with Crippen LogP contribution in [0, 0.1) is 0 Å². The molecule has 2 heterocycles. The highest BCUT2D eigenvalue weighted by atomic mass is 35.5. The Morgan fingerprint density at radius 2 is 1.72 bits per heavy atom. The molecule has 0 amide bonds. The summed E-state index contributed by atoms with van der Waals surface area (Å²) < 4.78 is 1.56. The lowest BCUT2D eigenvalue weighted by atomic mass is 10.1. The van der Waals surface area contributed by atoms with Gasteiger partial charge in [-0.05, 0) is 24.3 Å². The summed E-state index contributed by atoms with van der Waals surface area (Å²) in [4.78, 5) is 17.2. The molecule has 4 nitrogen and oxygen atoms in total. The maximum absolute atomic E-state index is 12.6. The highest BCUT2D eigenvalue weighted by Gasteiger charge is 2.17. The Kier molecular flexibility index (Phi) is 4.04. The van der Waals surface area contributed by atoms with Crippen molar-refractivity contribution in [2.75, 3.05) is 0 Å². The van der Waals surface area contributed by atoms with Gasteiger partial charge in [-0.2, -0.15) is 5.10 Å². The third kappa shape index (κ3) is 3.04. The van der Waals surface area contributed by atoms with E-state index in [9.17, 15) is 4.79 Å². The van der Waals surface area contributed by atoms with Gasteiger partial charge < -0.3 is 0 Å². The number of carbonyl (C=O) groups is 1. The predicted octanol–water partition coefficient (Wildman–Crippen LogP) is 4.50. The quantitative estimate of drug-likeness (QED) is 0.511. The number of hydrogen-bond acceptors (Lipinski definition) is 3. The molecular weight excluding hydrogens is 334 g/mol. The molecule has 0 N–H and O–H groups in total. The summed E-state index contributed by atoms with van der Waals surface area (Å²) in [5.74, 6) is -0.102. The first-order chi connectivity index (χ1) is 12.2. The minimum atomic E-state index is -0.102. The molecule has 0 spiro atoms. The first-order valence-electron chi connectivity index (χ1n) is 7.89.